The summed E-state index contributed by atoms with van der Waals surface area (Å²) in [6, 6.07) is 2.20. The van der Waals surface area contributed by atoms with Crippen LogP contribution >= 0.6 is 15.9 Å². The molecule has 0 bridgehead atoms. The molecule has 12 heteroatoms. The molecule has 35 heavy (non-hydrogen) atoms. The summed E-state index contributed by atoms with van der Waals surface area (Å²) in [5, 5.41) is 0. The molecule has 2 aromatic heterocycles. The van der Waals surface area contributed by atoms with Crippen molar-refractivity contribution in [2.24, 2.45) is 0 Å². The van der Waals surface area contributed by atoms with Crippen molar-refractivity contribution in [1.82, 2.24) is 19.1 Å². The van der Waals surface area contributed by atoms with E-state index in [2.05, 4.69) is 65.2 Å². The van der Waals surface area contributed by atoms with Crippen LogP contribution in [0.1, 0.15) is 45.4 Å². The molecule has 0 aromatic carbocycles. The molecule has 0 fully saturated rings. The maximum Gasteiger partial charge on any atom is 0.185 e. The molecule has 0 aliphatic heterocycles. The van der Waals surface area contributed by atoms with Crippen LogP contribution < -0.4 is 0 Å². The highest BCUT2D eigenvalue weighted by molar-refractivity contribution is 9.10. The highest BCUT2D eigenvalue weighted by Gasteiger charge is 2.14. The van der Waals surface area contributed by atoms with Crippen molar-refractivity contribution >= 4 is 49.9 Å². The molecule has 196 valence electrons. The minimum atomic E-state index is -1.10. The second-order valence-corrected chi connectivity index (χ2v) is 22.7. The Morgan fingerprint density at radius 1 is 0.857 bits per heavy atom. The summed E-state index contributed by atoms with van der Waals surface area (Å²) in [6.07, 6.45) is 3.90. The fourth-order valence-corrected chi connectivity index (χ4v) is 4.44. The van der Waals surface area contributed by atoms with Gasteiger partial charge in [0.25, 0.3) is 0 Å². The van der Waals surface area contributed by atoms with Crippen molar-refractivity contribution in [2.75, 3.05) is 13.2 Å². The van der Waals surface area contributed by atoms with E-state index in [1.54, 1.807) is 21.5 Å². The third-order valence-corrected chi connectivity index (χ3v) is 8.86. The number of Topliss-reactive ketones (excluding diaryl/α,β-unsaturated/α-hetero) is 2. The van der Waals surface area contributed by atoms with E-state index in [9.17, 15) is 14.4 Å². The largest absolute Gasteiger partial charge is 0.361 e. The van der Waals surface area contributed by atoms with E-state index < -0.39 is 16.1 Å². The lowest BCUT2D eigenvalue weighted by Crippen LogP contribution is -2.22. The fourth-order valence-electron chi connectivity index (χ4n) is 2.53. The maximum absolute atomic E-state index is 11.2. The predicted molar refractivity (Wildman–Crippen MR) is 146 cm³/mol. The minimum Gasteiger partial charge on any atom is -0.361 e. The number of ketones is 2. The summed E-state index contributed by atoms with van der Waals surface area (Å²) in [5.41, 5.74) is 0.761. The zero-order chi connectivity index (χ0) is 26.8. The van der Waals surface area contributed by atoms with Crippen molar-refractivity contribution in [3.05, 3.63) is 34.3 Å². The molecule has 0 radical (unpaired) electrons. The number of hydrogen-bond acceptors (Lipinski definition) is 7. The molecule has 0 aliphatic rings. The first-order valence-electron chi connectivity index (χ1n) is 11.6. The van der Waals surface area contributed by atoms with Crippen LogP contribution in [0.15, 0.2) is 17.1 Å². The summed E-state index contributed by atoms with van der Waals surface area (Å²) in [5.74, 6) is 0.0405. The number of ether oxygens (including phenoxy) is 2. The van der Waals surface area contributed by atoms with Gasteiger partial charge in [-0.05, 0) is 28.0 Å². The third-order valence-electron chi connectivity index (χ3n) is 4.82. The van der Waals surface area contributed by atoms with E-state index in [1.165, 1.54) is 13.8 Å². The number of carbonyl (C=O) groups is 3. The van der Waals surface area contributed by atoms with Gasteiger partial charge in [-0.25, -0.2) is 9.97 Å². The van der Waals surface area contributed by atoms with Gasteiger partial charge < -0.3 is 18.6 Å². The van der Waals surface area contributed by atoms with Gasteiger partial charge in [-0.2, -0.15) is 0 Å². The van der Waals surface area contributed by atoms with Crippen molar-refractivity contribution in [2.45, 2.75) is 78.7 Å². The van der Waals surface area contributed by atoms with Crippen LogP contribution in [0.25, 0.3) is 0 Å². The van der Waals surface area contributed by atoms with Gasteiger partial charge in [-0.1, -0.05) is 39.3 Å². The molecule has 2 rings (SSSR count). The number of nitrogens with zero attached hydrogens (tertiary/aromatic N) is 4. The van der Waals surface area contributed by atoms with Crippen LogP contribution in [-0.2, 0) is 22.9 Å². The van der Waals surface area contributed by atoms with Gasteiger partial charge in [0.05, 0.1) is 0 Å². The number of carbonyl (C=O) groups excluding carboxylic acids is 3. The number of halogens is 1. The SMILES string of the molecule is CC(=O)c1cn(COCC[Si](C)(C)C)c(Br)n1.CC(=O)c1cn(COCC[Si](C)(C)C)c(C=O)n1. The zero-order valence-electron chi connectivity index (χ0n) is 22.2. The summed E-state index contributed by atoms with van der Waals surface area (Å²) in [7, 11) is -2.14. The lowest BCUT2D eigenvalue weighted by Gasteiger charge is -2.15. The van der Waals surface area contributed by atoms with Crippen LogP contribution in [0, 0.1) is 0 Å². The van der Waals surface area contributed by atoms with Gasteiger partial charge in [-0.15, -0.1) is 0 Å². The average Bonchev–Trinajstić information content (AvgIpc) is 3.31. The van der Waals surface area contributed by atoms with Gasteiger partial charge in [-0.3, -0.25) is 14.4 Å². The molecule has 0 saturated heterocycles. The molecule has 0 N–H and O–H groups in total. The molecule has 9 nitrogen and oxygen atoms in total. The minimum absolute atomic E-state index is 0.0356. The van der Waals surface area contributed by atoms with Gasteiger partial charge in [0.2, 0.25) is 0 Å². The first kappa shape index (κ1) is 31.3. The van der Waals surface area contributed by atoms with Gasteiger partial charge in [0.1, 0.15) is 24.8 Å². The Hall–Kier alpha value is -1.74. The van der Waals surface area contributed by atoms with Crippen LogP contribution in [0.4, 0.5) is 0 Å². The average molecular weight is 588 g/mol. The summed E-state index contributed by atoms with van der Waals surface area (Å²) < 4.78 is 15.1. The highest BCUT2D eigenvalue weighted by atomic mass is 79.9. The van der Waals surface area contributed by atoms with Crippen LogP contribution in [0.3, 0.4) is 0 Å². The van der Waals surface area contributed by atoms with Gasteiger partial charge in [0, 0.05) is 55.6 Å². The first-order valence-corrected chi connectivity index (χ1v) is 19.8. The second kappa shape index (κ2) is 14.1. The molecular weight excluding hydrogens is 548 g/mol. The molecule has 0 unspecified atom stereocenters. The zero-order valence-corrected chi connectivity index (χ0v) is 25.8. The maximum atomic E-state index is 11.2. The van der Waals surface area contributed by atoms with Crippen molar-refractivity contribution < 1.29 is 23.9 Å². The molecule has 0 saturated carbocycles. The number of aromatic nitrogens is 4. The predicted octanol–water partition coefficient (Wildman–Crippen LogP) is 5.37. The van der Waals surface area contributed by atoms with Crippen molar-refractivity contribution in [3.8, 4) is 0 Å². The molecule has 2 aromatic rings. The molecule has 0 amide bonds. The quantitative estimate of drug-likeness (QED) is 0.134. The number of imidazole rings is 2. The second-order valence-electron chi connectivity index (χ2n) is 10.7. The Bertz CT molecular complexity index is 993. The molecule has 0 atom stereocenters. The Labute approximate surface area is 218 Å². The van der Waals surface area contributed by atoms with E-state index in [0.29, 0.717) is 35.7 Å². The smallest absolute Gasteiger partial charge is 0.185 e. The van der Waals surface area contributed by atoms with Crippen LogP contribution in [0.5, 0.6) is 0 Å². The van der Waals surface area contributed by atoms with Gasteiger partial charge in [0.15, 0.2) is 28.4 Å². The highest BCUT2D eigenvalue weighted by Crippen LogP contribution is 2.13. The lowest BCUT2D eigenvalue weighted by atomic mass is 10.3. The number of aldehydes is 1. The van der Waals surface area contributed by atoms with Crippen molar-refractivity contribution in [3.63, 3.8) is 0 Å². The third kappa shape index (κ3) is 12.7. The Kier molecular flexibility index (Phi) is 12.6. The van der Waals surface area contributed by atoms with Crippen LogP contribution in [-0.4, -0.2) is 66.3 Å². The lowest BCUT2D eigenvalue weighted by molar-refractivity contribution is 0.0831. The van der Waals surface area contributed by atoms with E-state index >= 15 is 0 Å². The standard InChI is InChI=1S/C12H20N2O3Si.C11H19BrN2O2Si/c1-10(16)11-7-14(12(8-15)13-11)9-17-5-6-18(2,3)4;1-9(15)10-7-14(11(12)13-10)8-16-5-6-17(2,3)4/h7-8H,5-6,9H2,1-4H3;7H,5-6,8H2,1-4H3. The summed E-state index contributed by atoms with van der Waals surface area (Å²) in [6.45, 7) is 18.8. The number of rotatable bonds is 13. The Morgan fingerprint density at radius 2 is 1.29 bits per heavy atom. The van der Waals surface area contributed by atoms with E-state index in [4.69, 9.17) is 9.47 Å². The van der Waals surface area contributed by atoms with E-state index in [0.717, 1.165) is 18.7 Å². The van der Waals surface area contributed by atoms with Crippen LogP contribution in [0.2, 0.25) is 51.4 Å². The Morgan fingerprint density at radius 3 is 1.69 bits per heavy atom. The summed E-state index contributed by atoms with van der Waals surface area (Å²) in [4.78, 5) is 41.1. The molecule has 0 aliphatic carbocycles. The Balaban J connectivity index is 0.000000351. The van der Waals surface area contributed by atoms with Crippen molar-refractivity contribution in [1.29, 1.82) is 0 Å². The number of hydrogen-bond donors (Lipinski definition) is 0. The molecule has 2 heterocycles. The molecule has 0 spiro atoms. The normalized spacial score (nSPS) is 11.7. The van der Waals surface area contributed by atoms with E-state index in [-0.39, 0.29) is 24.1 Å². The monoisotopic (exact) mass is 586 g/mol. The topological polar surface area (TPSA) is 105 Å². The summed E-state index contributed by atoms with van der Waals surface area (Å²) >= 11 is 3.31. The molecular formula is C23H39BrN4O5Si2. The van der Waals surface area contributed by atoms with E-state index in [1.807, 2.05) is 0 Å². The first-order chi connectivity index (χ1) is 16.1. The van der Waals surface area contributed by atoms with Gasteiger partial charge >= 0.3 is 0 Å². The fraction of sp³-hybridized carbons (Fsp3) is 0.609.